The van der Waals surface area contributed by atoms with Gasteiger partial charge < -0.3 is 10.6 Å². The molecule has 0 fully saturated rings. The number of hydrogen-bond acceptors (Lipinski definition) is 14. The summed E-state index contributed by atoms with van der Waals surface area (Å²) < 4.78 is 233. The Balaban J connectivity index is 0.000000214. The second-order valence-electron chi connectivity index (χ2n) is 25.5. The monoisotopic (exact) mass is 1620 g/mol. The number of sulfonamides is 2. The lowest BCUT2D eigenvalue weighted by Crippen LogP contribution is -2.38. The van der Waals surface area contributed by atoms with Crippen LogP contribution in [0.2, 0.25) is 10.0 Å². The van der Waals surface area contributed by atoms with Crippen molar-refractivity contribution >= 4 is 110 Å². The molecule has 40 heteroatoms. The third-order valence-corrected chi connectivity index (χ3v) is 19.6. The number of nitrogens with one attached hydrogen (secondary N) is 4. The van der Waals surface area contributed by atoms with Crippen LogP contribution >= 0.6 is 23.2 Å². The minimum Gasteiger partial charge on any atom is -0.344 e. The van der Waals surface area contributed by atoms with E-state index in [0.29, 0.717) is 85.3 Å². The zero-order valence-electron chi connectivity index (χ0n) is 56.2. The van der Waals surface area contributed by atoms with Gasteiger partial charge in [0.25, 0.3) is 24.0 Å². The van der Waals surface area contributed by atoms with Gasteiger partial charge in [-0.3, -0.25) is 56.5 Å². The largest absolute Gasteiger partial charge is 0.344 e. The van der Waals surface area contributed by atoms with Crippen LogP contribution in [0.5, 0.6) is 0 Å². The molecular weight excluding hydrogens is 1560 g/mol. The molecule has 14 rings (SSSR count). The first-order valence-electron chi connectivity index (χ1n) is 32.3. The lowest BCUT2D eigenvalue weighted by Gasteiger charge is -2.24. The molecule has 12 aromatic rings. The van der Waals surface area contributed by atoms with E-state index < -0.39 is 185 Å². The summed E-state index contributed by atoms with van der Waals surface area (Å²) in [6.07, 6.45) is -2.42. The average Bonchev–Trinajstić information content (AvgIpc) is 1.29. The number of rotatable bonds is 20. The number of hydrogen-bond donors (Lipinski definition) is 4. The Bertz CT molecular complexity index is 5730. The van der Waals surface area contributed by atoms with E-state index in [9.17, 15) is 79.9 Å². The highest BCUT2D eigenvalue weighted by atomic mass is 35.5. The summed E-state index contributed by atoms with van der Waals surface area (Å²) in [7, 11) is -5.02. The van der Waals surface area contributed by atoms with Gasteiger partial charge >= 0.3 is 0 Å². The van der Waals surface area contributed by atoms with Crippen LogP contribution in [0.15, 0.2) is 94.5 Å². The minimum atomic E-state index is -3.91. The van der Waals surface area contributed by atoms with Gasteiger partial charge in [0, 0.05) is 73.7 Å². The molecule has 6 heterocycles. The molecule has 2 atom stereocenters. The quantitative estimate of drug-likeness (QED) is 0.0516. The zero-order valence-corrected chi connectivity index (χ0v) is 59.3. The topological polar surface area (TPSA) is 292 Å². The van der Waals surface area contributed by atoms with Gasteiger partial charge in [-0.2, -0.15) is 20.4 Å². The molecule has 0 saturated carbocycles. The lowest BCUT2D eigenvalue weighted by atomic mass is 10.0. The summed E-state index contributed by atoms with van der Waals surface area (Å²) in [5.74, 6) is -11.6. The zero-order chi connectivity index (χ0) is 77.6. The van der Waals surface area contributed by atoms with Crippen molar-refractivity contribution in [1.82, 2.24) is 68.9 Å². The maximum Gasteiger partial charge on any atom is 0.282 e. The fraction of sp³-hybridized carbons (Fsp3) is 0.286. The number of aryl methyl sites for hydroxylation is 2. The van der Waals surface area contributed by atoms with E-state index in [0.717, 1.165) is 67.4 Å². The normalized spacial score (nSPS) is 13.3. The molecule has 6 aromatic heterocycles. The number of halogens is 14. The number of alkyl halides is 4. The second kappa shape index (κ2) is 30.9. The van der Waals surface area contributed by atoms with Crippen LogP contribution in [0.25, 0.3) is 55.0 Å². The van der Waals surface area contributed by atoms with Crippen LogP contribution in [0.1, 0.15) is 109 Å². The third kappa shape index (κ3) is 16.0. The second-order valence-corrected chi connectivity index (χ2v) is 29.8. The highest BCUT2D eigenvalue weighted by Gasteiger charge is 2.35. The van der Waals surface area contributed by atoms with E-state index >= 15 is 8.78 Å². The van der Waals surface area contributed by atoms with Crippen LogP contribution in [0, 0.1) is 46.5 Å². The van der Waals surface area contributed by atoms with Crippen molar-refractivity contribution in [2.75, 3.05) is 22.0 Å². The molecule has 24 nitrogen and oxygen atoms in total. The molecule has 0 unspecified atom stereocenters. The Labute approximate surface area is 625 Å². The number of anilines is 2. The van der Waals surface area contributed by atoms with Crippen molar-refractivity contribution in [3.05, 3.63) is 219 Å². The molecule has 0 saturated heterocycles. The number of fused-ring (bicyclic) bond motifs is 6. The van der Waals surface area contributed by atoms with Gasteiger partial charge in [0.1, 0.15) is 82.1 Å². The standard InChI is InChI=1S/2C34H27ClF6N8O4S.2CH4/c2*1-47-30-25(7-6-21(35)27(30)32(45-47)46-54(2,52)53)49-33(43-28-20(34(49)51)12-18(38)13-22(28)39)23(10-15-8-16(36)11-17(37)9-15)42-26(50)14-48-24-5-3-4-19(24)29(44-48)31(40)41;;/h2*6-9,11-13,23,31H,3-5,10,14H2,1-2H3,(H,42,50)(H,45,46);2*1H4/t2*23-;;/m00../s1. The molecule has 110 heavy (non-hydrogen) atoms. The van der Waals surface area contributed by atoms with Crippen LogP contribution in [-0.2, 0) is 95.3 Å². The van der Waals surface area contributed by atoms with Crippen molar-refractivity contribution < 1.29 is 79.1 Å². The van der Waals surface area contributed by atoms with E-state index in [2.05, 4.69) is 50.4 Å². The summed E-state index contributed by atoms with van der Waals surface area (Å²) in [6.45, 7) is -1.18. The van der Waals surface area contributed by atoms with Crippen LogP contribution in [0.4, 0.5) is 64.3 Å². The van der Waals surface area contributed by atoms with Gasteiger partial charge in [0.2, 0.25) is 31.9 Å². The first-order valence-corrected chi connectivity index (χ1v) is 36.8. The third-order valence-electron chi connectivity index (χ3n) is 17.8. The molecule has 2 aliphatic carbocycles. The van der Waals surface area contributed by atoms with Crippen molar-refractivity contribution in [2.45, 2.75) is 104 Å². The van der Waals surface area contributed by atoms with Gasteiger partial charge in [-0.1, -0.05) is 38.1 Å². The average molecular weight is 1620 g/mol. The maximum atomic E-state index is 15.4. The summed E-state index contributed by atoms with van der Waals surface area (Å²) in [5.41, 5.74) is -2.93. The molecule has 2 amide bonds. The number of benzene rings is 6. The molecular formula is C70H62Cl2F12N16O8S2. The van der Waals surface area contributed by atoms with E-state index in [-0.39, 0.29) is 80.8 Å². The Morgan fingerprint density at radius 1 is 0.500 bits per heavy atom. The fourth-order valence-corrected chi connectivity index (χ4v) is 15.2. The van der Waals surface area contributed by atoms with Crippen LogP contribution < -0.4 is 31.2 Å². The van der Waals surface area contributed by atoms with E-state index in [1.807, 2.05) is 0 Å². The molecule has 0 radical (unpaired) electrons. The summed E-state index contributed by atoms with van der Waals surface area (Å²) in [5, 5.41) is 20.6. The summed E-state index contributed by atoms with van der Waals surface area (Å²) >= 11 is 13.0. The number of nitrogens with zero attached hydrogens (tertiary/aromatic N) is 12. The van der Waals surface area contributed by atoms with Gasteiger partial charge in [-0.05, 0) is 110 Å². The smallest absolute Gasteiger partial charge is 0.282 e. The predicted octanol–water partition coefficient (Wildman–Crippen LogP) is 12.4. The summed E-state index contributed by atoms with van der Waals surface area (Å²) in [6, 6.07) is 9.73. The van der Waals surface area contributed by atoms with Crippen LogP contribution in [-0.4, -0.2) is 99.4 Å². The molecule has 0 aliphatic heterocycles. The first kappa shape index (κ1) is 80.2. The molecule has 580 valence electrons. The van der Waals surface area contributed by atoms with Crippen molar-refractivity contribution in [3.63, 3.8) is 0 Å². The van der Waals surface area contributed by atoms with E-state index in [4.69, 9.17) is 23.2 Å². The first-order chi connectivity index (χ1) is 51.0. The lowest BCUT2D eigenvalue weighted by molar-refractivity contribution is -0.123. The van der Waals surface area contributed by atoms with Gasteiger partial charge in [0.15, 0.2) is 23.3 Å². The van der Waals surface area contributed by atoms with Crippen molar-refractivity contribution in [3.8, 4) is 11.4 Å². The summed E-state index contributed by atoms with van der Waals surface area (Å²) in [4.78, 5) is 65.3. The minimum absolute atomic E-state index is 0. The Kier molecular flexibility index (Phi) is 22.5. The Hall–Kier alpha value is -10.9. The van der Waals surface area contributed by atoms with Crippen LogP contribution in [0.3, 0.4) is 0 Å². The molecule has 4 N–H and O–H groups in total. The predicted molar refractivity (Wildman–Crippen MR) is 384 cm³/mol. The van der Waals surface area contributed by atoms with Crippen molar-refractivity contribution in [2.24, 2.45) is 14.1 Å². The SMILES string of the molecule is C.C.Cn1nc(NS(C)(=O)=O)c2c(Cl)ccc(-n3c([C@H](Cc4cc(F)cc(F)c4)NC(=O)Cn4nc(C(F)F)c5c4CCC5)nc4c(F)cc(F)cc4c3=O)c21.Cn1nc(NS(C)(=O)=O)c2c(Cl)ccc(-n3c([C@H](Cc4cc(F)cc(F)c4)NC(=O)Cn4nc(C(F)F)c5c4CCC5)nc4c(F)cc(F)cc4c3=O)c21. The molecule has 0 bridgehead atoms. The molecule has 2 aliphatic rings. The van der Waals surface area contributed by atoms with E-state index in [1.54, 1.807) is 0 Å². The van der Waals surface area contributed by atoms with Gasteiger partial charge in [0.05, 0.1) is 78.6 Å². The Morgan fingerprint density at radius 2 is 0.845 bits per heavy atom. The maximum absolute atomic E-state index is 15.4. The molecule has 0 spiro atoms. The highest BCUT2D eigenvalue weighted by molar-refractivity contribution is 7.92. The number of carbonyl (C=O) groups excluding carboxylic acids is 2. The number of aromatic nitrogens is 12. The van der Waals surface area contributed by atoms with Gasteiger partial charge in [-0.25, -0.2) is 79.5 Å². The van der Waals surface area contributed by atoms with Crippen molar-refractivity contribution in [1.29, 1.82) is 0 Å². The fourth-order valence-electron chi connectivity index (χ4n) is 13.8. The number of amides is 2. The number of carbonyl (C=O) groups is 2. The highest BCUT2D eigenvalue weighted by Crippen LogP contribution is 2.40. The molecule has 6 aromatic carbocycles. The Morgan fingerprint density at radius 3 is 1.18 bits per heavy atom. The van der Waals surface area contributed by atoms with E-state index in [1.165, 1.54) is 47.7 Å². The van der Waals surface area contributed by atoms with Gasteiger partial charge in [-0.15, -0.1) is 0 Å².